The van der Waals surface area contributed by atoms with Crippen molar-refractivity contribution in [3.63, 3.8) is 0 Å². The third kappa shape index (κ3) is 15.1. The van der Waals surface area contributed by atoms with E-state index >= 15 is 0 Å². The maximum absolute atomic E-state index is 14.7. The molecule has 3 heterocycles. The van der Waals surface area contributed by atoms with E-state index in [9.17, 15) is 24.3 Å². The van der Waals surface area contributed by atoms with Gasteiger partial charge in [-0.2, -0.15) is 0 Å². The van der Waals surface area contributed by atoms with Crippen LogP contribution in [0.1, 0.15) is 108 Å². The number of aliphatic hydroxyl groups excluding tert-OH is 1. The summed E-state index contributed by atoms with van der Waals surface area (Å²) in [6.45, 7) is 22.4. The number of benzene rings is 1. The van der Waals surface area contributed by atoms with E-state index in [1.807, 2.05) is 105 Å². The third-order valence-electron chi connectivity index (χ3n) is 13.8. The Morgan fingerprint density at radius 3 is 2.42 bits per heavy atom. The molecule has 390 valence electrons. The Kier molecular flexibility index (Phi) is 21.0. The number of Topliss-reactive ketones (excluding diaryl/α,β-unsaturated/α-hetero) is 1. The highest BCUT2D eigenvalue weighted by atomic mass is 16.7. The number of nitrogens with two attached hydrogens (primary N) is 1. The number of nitrogen functional groups attached to an aromatic ring is 1. The van der Waals surface area contributed by atoms with Crippen molar-refractivity contribution in [2.24, 2.45) is 17.8 Å². The number of ketones is 1. The molecule has 12 atom stereocenters. The molecule has 2 aliphatic heterocycles. The zero-order valence-electron chi connectivity index (χ0n) is 43.9. The van der Waals surface area contributed by atoms with Crippen molar-refractivity contribution in [3.8, 4) is 11.3 Å². The first-order valence-electron chi connectivity index (χ1n) is 24.8. The number of nitrogens with one attached hydrogen (secondary N) is 3. The van der Waals surface area contributed by atoms with Gasteiger partial charge in [-0.25, -0.2) is 4.79 Å². The molecule has 0 bridgehead atoms. The van der Waals surface area contributed by atoms with Gasteiger partial charge < -0.3 is 55.4 Å². The van der Waals surface area contributed by atoms with Crippen LogP contribution >= 0.6 is 0 Å². The van der Waals surface area contributed by atoms with Gasteiger partial charge in [-0.3, -0.25) is 24.0 Å². The maximum Gasteiger partial charge on any atom is 0.410 e. The summed E-state index contributed by atoms with van der Waals surface area (Å²) in [5.74, 6) is -3.73. The Labute approximate surface area is 410 Å². The molecule has 2 fully saturated rings. The number of carbonyl (C=O) groups excluding carboxylic acids is 4. The number of rotatable bonds is 20. The van der Waals surface area contributed by atoms with Crippen molar-refractivity contribution >= 4 is 29.4 Å². The fraction of sp³-hybridized carbons (Fsp3) is 0.760. The molecule has 1 aromatic heterocycles. The molecule has 69 heavy (non-hydrogen) atoms. The predicted molar refractivity (Wildman–Crippen MR) is 264 cm³/mol. The smallest absolute Gasteiger partial charge is 0.410 e. The third-order valence-corrected chi connectivity index (χ3v) is 13.8. The Balaban J connectivity index is 1.60. The van der Waals surface area contributed by atoms with E-state index in [0.717, 1.165) is 5.56 Å². The van der Waals surface area contributed by atoms with Crippen LogP contribution in [0.2, 0.25) is 0 Å². The summed E-state index contributed by atoms with van der Waals surface area (Å²) in [5, 5.41) is 30.3. The van der Waals surface area contributed by atoms with Crippen molar-refractivity contribution in [2.45, 2.75) is 174 Å². The number of nitrogens with zero attached hydrogens (tertiary/aromatic N) is 5. The zero-order chi connectivity index (χ0) is 51.4. The number of carbonyl (C=O) groups is 4. The van der Waals surface area contributed by atoms with Gasteiger partial charge in [0, 0.05) is 61.5 Å². The average Bonchev–Trinajstić information content (AvgIpc) is 3.87. The molecule has 2 amide bonds. The molecule has 19 nitrogen and oxygen atoms in total. The van der Waals surface area contributed by atoms with Gasteiger partial charge in [0.25, 0.3) is 0 Å². The molecular formula is C50H85N9O10. The molecule has 0 radical (unpaired) electrons. The molecule has 4 rings (SSSR count). The van der Waals surface area contributed by atoms with Crippen molar-refractivity contribution in [1.82, 2.24) is 40.7 Å². The molecule has 6 N–H and O–H groups in total. The summed E-state index contributed by atoms with van der Waals surface area (Å²) >= 11 is 0. The SMILES string of the molecule is CCC(C(O)[C@@H](OCCNC(=O)CNC(C)(C)C)O[C@@H]1[C@@H](C)C(=O)[C@@H](C)C(=O)O[C@H](CC)[C@@]2(C)OC(=O)N(CCCCn3cc(-c4cccc(N)c4)nn3)[C@@H]2[C@@H](C)NC[C@H](C)C[C@@]1(C)OC)N(C)C. The lowest BCUT2D eigenvalue weighted by molar-refractivity contribution is -0.266. The fourth-order valence-electron chi connectivity index (χ4n) is 9.88. The van der Waals surface area contributed by atoms with Crippen LogP contribution in [0.4, 0.5) is 10.5 Å². The number of cyclic esters (lactones) is 1. The Bertz CT molecular complexity index is 1980. The number of hydrogen-bond donors (Lipinski definition) is 5. The topological polar surface area (TPSA) is 234 Å². The highest BCUT2D eigenvalue weighted by Crippen LogP contribution is 2.40. The number of methoxy groups -OCH3 is 1. The molecule has 0 aliphatic carbocycles. The average molecular weight is 972 g/mol. The van der Waals surface area contributed by atoms with Gasteiger partial charge >= 0.3 is 12.1 Å². The lowest BCUT2D eigenvalue weighted by atomic mass is 9.78. The van der Waals surface area contributed by atoms with Crippen molar-refractivity contribution in [3.05, 3.63) is 30.5 Å². The number of anilines is 1. The van der Waals surface area contributed by atoms with Crippen LogP contribution in [0.3, 0.4) is 0 Å². The van der Waals surface area contributed by atoms with Crippen LogP contribution in [-0.4, -0.2) is 167 Å². The predicted octanol–water partition coefficient (Wildman–Crippen LogP) is 4.41. The molecular weight excluding hydrogens is 887 g/mol. The van der Waals surface area contributed by atoms with Gasteiger partial charge in [0.1, 0.15) is 23.8 Å². The van der Waals surface area contributed by atoms with Crippen molar-refractivity contribution < 1.29 is 48.0 Å². The summed E-state index contributed by atoms with van der Waals surface area (Å²) in [6, 6.07) is 6.17. The van der Waals surface area contributed by atoms with Gasteiger partial charge in [0.15, 0.2) is 17.7 Å². The van der Waals surface area contributed by atoms with Gasteiger partial charge in [-0.15, -0.1) is 5.10 Å². The second-order valence-electron chi connectivity index (χ2n) is 20.8. The van der Waals surface area contributed by atoms with Crippen LogP contribution in [0.5, 0.6) is 0 Å². The van der Waals surface area contributed by atoms with Crippen LogP contribution in [0, 0.1) is 17.8 Å². The summed E-state index contributed by atoms with van der Waals surface area (Å²) in [5.41, 5.74) is 5.53. The monoisotopic (exact) mass is 972 g/mol. The van der Waals surface area contributed by atoms with Gasteiger partial charge in [-0.1, -0.05) is 45.0 Å². The summed E-state index contributed by atoms with van der Waals surface area (Å²) in [6.07, 6.45) is -0.439. The number of fused-ring (bicyclic) bond motifs is 1. The second-order valence-corrected chi connectivity index (χ2v) is 20.8. The first-order chi connectivity index (χ1) is 32.4. The summed E-state index contributed by atoms with van der Waals surface area (Å²) < 4.78 is 33.7. The van der Waals surface area contributed by atoms with E-state index in [-0.39, 0.29) is 43.1 Å². The summed E-state index contributed by atoms with van der Waals surface area (Å²) in [7, 11) is 5.27. The Morgan fingerprint density at radius 1 is 1.10 bits per heavy atom. The number of aliphatic hydroxyl groups is 1. The molecule has 2 aliphatic rings. The molecule has 0 saturated carbocycles. The molecule has 1 aromatic carbocycles. The zero-order valence-corrected chi connectivity index (χ0v) is 43.9. The molecule has 0 spiro atoms. The second kappa shape index (κ2) is 25.2. The van der Waals surface area contributed by atoms with E-state index in [4.69, 9.17) is 29.4 Å². The maximum atomic E-state index is 14.7. The van der Waals surface area contributed by atoms with E-state index in [1.54, 1.807) is 23.6 Å². The number of likely N-dealkylation sites (N-methyl/N-ethyl adjacent to an activating group) is 1. The molecule has 2 aromatic rings. The van der Waals surface area contributed by atoms with Gasteiger partial charge in [0.2, 0.25) is 5.91 Å². The highest BCUT2D eigenvalue weighted by molar-refractivity contribution is 6.00. The molecule has 2 unspecified atom stereocenters. The van der Waals surface area contributed by atoms with Gasteiger partial charge in [-0.05, 0) is 119 Å². The Hall–Kier alpha value is -4.24. The van der Waals surface area contributed by atoms with E-state index < -0.39 is 77.6 Å². The lowest BCUT2D eigenvalue weighted by Gasteiger charge is -2.44. The standard InChI is InChI=1S/C50H85N9O10/c1-15-38(57(12)13)42(62)46(66-25-22-52-40(60)29-54-48(7,8)9)68-44-32(4)41(61)33(5)45(63)67-39(16-2)50(11)43(34(6)53-28-31(3)27-49(44,10)65-14)59(47(64)69-50)24-18-17-23-58-30-37(55-56-58)35-20-19-21-36(51)26-35/h19-21,26,30-34,38-39,42-44,46,53-54,62H,15-18,22-25,27-29,51H2,1-14H3,(H,52,60)/t31-,32+,33-,34-,38?,39-,42?,43-,44-,46+,49-,50-/m1/s1. The largest absolute Gasteiger partial charge is 0.458 e. The molecule has 19 heteroatoms. The number of esters is 1. The minimum absolute atomic E-state index is 0.000138. The highest BCUT2D eigenvalue weighted by Gasteiger charge is 2.58. The van der Waals surface area contributed by atoms with Gasteiger partial charge in [0.05, 0.1) is 37.1 Å². The number of amides is 2. The first-order valence-corrected chi connectivity index (χ1v) is 24.8. The number of hydrogen-bond acceptors (Lipinski definition) is 16. The van der Waals surface area contributed by atoms with Crippen LogP contribution < -0.4 is 21.7 Å². The molecule has 2 saturated heterocycles. The number of aryl methyl sites for hydroxylation is 1. The Morgan fingerprint density at radius 2 is 1.80 bits per heavy atom. The van der Waals surface area contributed by atoms with E-state index in [0.29, 0.717) is 63.1 Å². The quantitative estimate of drug-likeness (QED) is 0.0407. The van der Waals surface area contributed by atoms with Crippen LogP contribution in [0.25, 0.3) is 11.3 Å². The first kappa shape index (κ1) is 57.3. The van der Waals surface area contributed by atoms with E-state index in [1.165, 1.54) is 6.92 Å². The van der Waals surface area contributed by atoms with E-state index in [2.05, 4.69) is 33.2 Å². The minimum atomic E-state index is -1.28. The number of ether oxygens (including phenoxy) is 5. The van der Waals surface area contributed by atoms with Crippen LogP contribution in [-0.2, 0) is 44.6 Å². The lowest BCUT2D eigenvalue weighted by Crippen LogP contribution is -2.61. The number of unbranched alkanes of at least 4 members (excludes halogenated alkanes) is 1. The summed E-state index contributed by atoms with van der Waals surface area (Å²) in [4.78, 5) is 59.1. The normalized spacial score (nSPS) is 28.8. The minimum Gasteiger partial charge on any atom is -0.458 e. The van der Waals surface area contributed by atoms with Crippen molar-refractivity contribution in [2.75, 3.05) is 59.7 Å². The van der Waals surface area contributed by atoms with Crippen LogP contribution in [0.15, 0.2) is 30.5 Å². The fourth-order valence-corrected chi connectivity index (χ4v) is 9.88. The number of aromatic nitrogens is 3. The van der Waals surface area contributed by atoms with Crippen molar-refractivity contribution in [1.29, 1.82) is 0 Å².